The lowest BCUT2D eigenvalue weighted by Gasteiger charge is -2.17. The summed E-state index contributed by atoms with van der Waals surface area (Å²) in [5.41, 5.74) is 0. The average molecular weight is 169 g/mol. The molecule has 0 aromatic carbocycles. The van der Waals surface area contributed by atoms with Gasteiger partial charge in [-0.05, 0) is 12.8 Å². The summed E-state index contributed by atoms with van der Waals surface area (Å²) in [7, 11) is 0. The van der Waals surface area contributed by atoms with Gasteiger partial charge >= 0.3 is 11.9 Å². The van der Waals surface area contributed by atoms with Crippen LogP contribution in [0, 0.1) is 0 Å². The van der Waals surface area contributed by atoms with Gasteiger partial charge in [0, 0.05) is 12.6 Å². The van der Waals surface area contributed by atoms with Gasteiger partial charge in [-0.15, -0.1) is 6.58 Å². The Balaban J connectivity index is 2.57. The highest BCUT2D eigenvalue weighted by molar-refractivity contribution is 6.31. The monoisotopic (exact) mass is 169 g/mol. The molecule has 0 unspecified atom stereocenters. The molecule has 4 nitrogen and oxygen atoms in total. The molecule has 0 aromatic rings. The first kappa shape index (κ1) is 8.77. The zero-order valence-electron chi connectivity index (χ0n) is 6.69. The molecule has 0 bridgehead atoms. The SMILES string of the molecule is C=CCN(C(=O)C(=O)O)C1CC1. The predicted molar refractivity (Wildman–Crippen MR) is 42.6 cm³/mol. The lowest BCUT2D eigenvalue weighted by Crippen LogP contribution is -2.38. The molecule has 12 heavy (non-hydrogen) atoms. The molecule has 1 saturated carbocycles. The summed E-state index contributed by atoms with van der Waals surface area (Å²) in [5.74, 6) is -2.21. The fourth-order valence-electron chi connectivity index (χ4n) is 1.05. The van der Waals surface area contributed by atoms with Crippen LogP contribution in [-0.4, -0.2) is 34.5 Å². The summed E-state index contributed by atoms with van der Waals surface area (Å²) in [6.07, 6.45) is 3.36. The number of aliphatic carboxylic acids is 1. The van der Waals surface area contributed by atoms with E-state index in [9.17, 15) is 9.59 Å². The fraction of sp³-hybridized carbons (Fsp3) is 0.500. The molecule has 0 heterocycles. The van der Waals surface area contributed by atoms with Crippen molar-refractivity contribution in [2.24, 2.45) is 0 Å². The summed E-state index contributed by atoms with van der Waals surface area (Å²) >= 11 is 0. The van der Waals surface area contributed by atoms with Crippen molar-refractivity contribution < 1.29 is 14.7 Å². The zero-order chi connectivity index (χ0) is 9.14. The molecule has 4 heteroatoms. The van der Waals surface area contributed by atoms with E-state index in [1.807, 2.05) is 0 Å². The lowest BCUT2D eigenvalue weighted by molar-refractivity contribution is -0.155. The van der Waals surface area contributed by atoms with Crippen LogP contribution >= 0.6 is 0 Å². The van der Waals surface area contributed by atoms with Crippen molar-refractivity contribution in [3.63, 3.8) is 0 Å². The molecule has 0 atom stereocenters. The van der Waals surface area contributed by atoms with Crippen molar-refractivity contribution in [3.05, 3.63) is 12.7 Å². The second-order valence-corrected chi connectivity index (χ2v) is 2.78. The van der Waals surface area contributed by atoms with Crippen LogP contribution in [0.3, 0.4) is 0 Å². The van der Waals surface area contributed by atoms with Gasteiger partial charge in [0.2, 0.25) is 0 Å². The Labute approximate surface area is 70.5 Å². The highest BCUT2D eigenvalue weighted by Crippen LogP contribution is 2.26. The minimum atomic E-state index is -1.39. The van der Waals surface area contributed by atoms with Crippen LogP contribution in [0.5, 0.6) is 0 Å². The minimum Gasteiger partial charge on any atom is -0.474 e. The van der Waals surface area contributed by atoms with Gasteiger partial charge in [0.25, 0.3) is 0 Å². The first-order valence-corrected chi connectivity index (χ1v) is 3.81. The molecule has 0 spiro atoms. The van der Waals surface area contributed by atoms with E-state index in [-0.39, 0.29) is 6.04 Å². The molecule has 0 aromatic heterocycles. The van der Waals surface area contributed by atoms with Crippen LogP contribution in [0.25, 0.3) is 0 Å². The molecule has 1 rings (SSSR count). The molecule has 1 aliphatic carbocycles. The fourth-order valence-corrected chi connectivity index (χ4v) is 1.05. The first-order chi connectivity index (χ1) is 5.66. The number of rotatable bonds is 3. The average Bonchev–Trinajstić information content (AvgIpc) is 2.81. The summed E-state index contributed by atoms with van der Waals surface area (Å²) in [6.45, 7) is 3.79. The highest BCUT2D eigenvalue weighted by atomic mass is 16.4. The maximum absolute atomic E-state index is 11.0. The number of carbonyl (C=O) groups is 2. The van der Waals surface area contributed by atoms with E-state index in [0.29, 0.717) is 6.54 Å². The van der Waals surface area contributed by atoms with E-state index < -0.39 is 11.9 Å². The summed E-state index contributed by atoms with van der Waals surface area (Å²) < 4.78 is 0. The van der Waals surface area contributed by atoms with Crippen molar-refractivity contribution in [1.82, 2.24) is 4.90 Å². The molecule has 0 radical (unpaired) electrons. The third-order valence-corrected chi connectivity index (χ3v) is 1.76. The van der Waals surface area contributed by atoms with Gasteiger partial charge in [0.15, 0.2) is 0 Å². The number of amides is 1. The van der Waals surface area contributed by atoms with Gasteiger partial charge in [0.1, 0.15) is 0 Å². The zero-order valence-corrected chi connectivity index (χ0v) is 6.69. The Kier molecular flexibility index (Phi) is 2.47. The van der Waals surface area contributed by atoms with E-state index in [2.05, 4.69) is 6.58 Å². The third-order valence-electron chi connectivity index (χ3n) is 1.76. The molecule has 1 amide bonds. The second kappa shape index (κ2) is 3.38. The molecule has 1 aliphatic rings. The van der Waals surface area contributed by atoms with Crippen LogP contribution in [-0.2, 0) is 9.59 Å². The molecule has 1 N–H and O–H groups in total. The topological polar surface area (TPSA) is 57.6 Å². The summed E-state index contributed by atoms with van der Waals surface area (Å²) in [5, 5.41) is 8.43. The van der Waals surface area contributed by atoms with E-state index in [0.717, 1.165) is 12.8 Å². The minimum absolute atomic E-state index is 0.131. The molecule has 1 fully saturated rings. The Hall–Kier alpha value is -1.32. The number of carboxylic acids is 1. The molecular formula is C8H11NO3. The number of carboxylic acid groups (broad SMARTS) is 1. The Morgan fingerprint density at radius 2 is 2.17 bits per heavy atom. The van der Waals surface area contributed by atoms with Crippen LogP contribution in [0.4, 0.5) is 0 Å². The van der Waals surface area contributed by atoms with Gasteiger partial charge in [-0.2, -0.15) is 0 Å². The lowest BCUT2D eigenvalue weighted by atomic mass is 10.4. The third kappa shape index (κ3) is 1.84. The van der Waals surface area contributed by atoms with Crippen molar-refractivity contribution in [3.8, 4) is 0 Å². The number of hydrogen-bond donors (Lipinski definition) is 1. The standard InChI is InChI=1S/C8H11NO3/c1-2-5-9(6-3-4-6)7(10)8(11)12/h2,6H,1,3-5H2,(H,11,12). The van der Waals surface area contributed by atoms with Crippen LogP contribution in [0.2, 0.25) is 0 Å². The van der Waals surface area contributed by atoms with E-state index in [1.165, 1.54) is 4.90 Å². The summed E-state index contributed by atoms with van der Waals surface area (Å²) in [4.78, 5) is 22.7. The maximum atomic E-state index is 11.0. The van der Waals surface area contributed by atoms with Crippen molar-refractivity contribution in [2.45, 2.75) is 18.9 Å². The van der Waals surface area contributed by atoms with E-state index >= 15 is 0 Å². The van der Waals surface area contributed by atoms with E-state index in [4.69, 9.17) is 5.11 Å². The molecule has 0 saturated heterocycles. The van der Waals surface area contributed by atoms with Crippen molar-refractivity contribution in [2.75, 3.05) is 6.54 Å². The van der Waals surface area contributed by atoms with Crippen molar-refractivity contribution in [1.29, 1.82) is 0 Å². The predicted octanol–water partition coefficient (Wildman–Crippen LogP) is 0.248. The largest absolute Gasteiger partial charge is 0.474 e. The smallest absolute Gasteiger partial charge is 0.394 e. The first-order valence-electron chi connectivity index (χ1n) is 3.81. The summed E-state index contributed by atoms with van der Waals surface area (Å²) in [6, 6.07) is 0.131. The Bertz CT molecular complexity index is 220. The normalized spacial score (nSPS) is 15.3. The van der Waals surface area contributed by atoms with Gasteiger partial charge < -0.3 is 10.0 Å². The Morgan fingerprint density at radius 3 is 2.50 bits per heavy atom. The number of nitrogens with zero attached hydrogens (tertiary/aromatic N) is 1. The van der Waals surface area contributed by atoms with Gasteiger partial charge in [0.05, 0.1) is 0 Å². The van der Waals surface area contributed by atoms with Crippen LogP contribution in [0.1, 0.15) is 12.8 Å². The van der Waals surface area contributed by atoms with Gasteiger partial charge in [-0.3, -0.25) is 4.79 Å². The Morgan fingerprint density at radius 1 is 1.58 bits per heavy atom. The molecule has 66 valence electrons. The molecular weight excluding hydrogens is 158 g/mol. The van der Waals surface area contributed by atoms with E-state index in [1.54, 1.807) is 6.08 Å². The maximum Gasteiger partial charge on any atom is 0.394 e. The second-order valence-electron chi connectivity index (χ2n) is 2.78. The quantitative estimate of drug-likeness (QED) is 0.486. The van der Waals surface area contributed by atoms with Gasteiger partial charge in [-0.1, -0.05) is 6.08 Å². The van der Waals surface area contributed by atoms with Crippen LogP contribution in [0.15, 0.2) is 12.7 Å². The van der Waals surface area contributed by atoms with Gasteiger partial charge in [-0.25, -0.2) is 4.79 Å². The molecule has 0 aliphatic heterocycles. The highest BCUT2D eigenvalue weighted by Gasteiger charge is 2.34. The van der Waals surface area contributed by atoms with Crippen molar-refractivity contribution >= 4 is 11.9 Å². The number of hydrogen-bond acceptors (Lipinski definition) is 2. The van der Waals surface area contributed by atoms with Crippen LogP contribution < -0.4 is 0 Å². The number of carbonyl (C=O) groups excluding carboxylic acids is 1.